The van der Waals surface area contributed by atoms with Gasteiger partial charge in [0.05, 0.1) is 30.2 Å². The van der Waals surface area contributed by atoms with Crippen LogP contribution in [0.15, 0.2) is 53.6 Å². The zero-order valence-corrected chi connectivity index (χ0v) is 16.8. The summed E-state index contributed by atoms with van der Waals surface area (Å²) in [5.41, 5.74) is 2.86. The Hall–Kier alpha value is -2.75. The van der Waals surface area contributed by atoms with Crippen LogP contribution in [0.25, 0.3) is 0 Å². The smallest absolute Gasteiger partial charge is 0.347 e. The van der Waals surface area contributed by atoms with E-state index in [0.717, 1.165) is 11.3 Å². The number of rotatable bonds is 7. The number of nitrogens with one attached hydrogen (secondary N) is 2. The van der Waals surface area contributed by atoms with Crippen LogP contribution in [-0.2, 0) is 21.7 Å². The first-order valence-electron chi connectivity index (χ1n) is 8.75. The number of aromatic nitrogens is 3. The lowest BCUT2D eigenvalue weighted by Crippen LogP contribution is -2.22. The number of hydrogen-bond donors (Lipinski definition) is 4. The fraction of sp³-hybridized carbons (Fsp3) is 0.263. The van der Waals surface area contributed by atoms with Crippen molar-refractivity contribution in [3.05, 3.63) is 65.6 Å². The Morgan fingerprint density at radius 1 is 1.18 bits per heavy atom. The van der Waals surface area contributed by atoms with E-state index in [4.69, 9.17) is 0 Å². The molecule has 0 aliphatic heterocycles. The lowest BCUT2D eigenvalue weighted by atomic mass is 10.1. The third-order valence-electron chi connectivity index (χ3n) is 4.51. The maximum absolute atomic E-state index is 12.8. The second-order valence-electron chi connectivity index (χ2n) is 6.47. The highest BCUT2D eigenvalue weighted by Crippen LogP contribution is 2.26. The molecule has 0 fully saturated rings. The van der Waals surface area contributed by atoms with Gasteiger partial charge in [-0.1, -0.05) is 30.3 Å². The van der Waals surface area contributed by atoms with Crippen LogP contribution in [0.1, 0.15) is 23.0 Å². The molecular formula is C19H24N5O3S+. The SMILES string of the molecule is Cc1nn(C)c(C)c1N[S+](=O)(O)c1ccc(NC(CO)c2ccccc2)nc1. The average molecular weight is 403 g/mol. The van der Waals surface area contributed by atoms with Crippen LogP contribution in [0.4, 0.5) is 11.5 Å². The predicted molar refractivity (Wildman–Crippen MR) is 109 cm³/mol. The minimum Gasteiger partial charge on any atom is -0.394 e. The molecule has 148 valence electrons. The number of anilines is 2. The van der Waals surface area contributed by atoms with Crippen LogP contribution >= 0.6 is 0 Å². The lowest BCUT2D eigenvalue weighted by molar-refractivity contribution is 0.276. The molecule has 2 heterocycles. The molecule has 0 radical (unpaired) electrons. The van der Waals surface area contributed by atoms with Gasteiger partial charge in [0.15, 0.2) is 0 Å². The first-order valence-corrected chi connectivity index (χ1v) is 10.3. The maximum Gasteiger partial charge on any atom is 0.347 e. The first-order chi connectivity index (χ1) is 13.3. The van der Waals surface area contributed by atoms with Gasteiger partial charge in [-0.3, -0.25) is 4.68 Å². The molecule has 4 N–H and O–H groups in total. The Morgan fingerprint density at radius 3 is 2.43 bits per heavy atom. The third kappa shape index (κ3) is 4.22. The van der Waals surface area contributed by atoms with Gasteiger partial charge in [-0.05, 0) is 29.7 Å². The Balaban J connectivity index is 1.76. The van der Waals surface area contributed by atoms with Crippen molar-refractivity contribution in [2.75, 3.05) is 16.6 Å². The summed E-state index contributed by atoms with van der Waals surface area (Å²) in [7, 11) is -1.76. The summed E-state index contributed by atoms with van der Waals surface area (Å²) in [6.45, 7) is 3.49. The van der Waals surface area contributed by atoms with Crippen molar-refractivity contribution >= 4 is 21.9 Å². The minimum absolute atomic E-state index is 0.106. The van der Waals surface area contributed by atoms with E-state index in [-0.39, 0.29) is 17.5 Å². The molecule has 3 rings (SSSR count). The number of hydrogen-bond acceptors (Lipinski definition) is 5. The van der Waals surface area contributed by atoms with E-state index < -0.39 is 10.4 Å². The minimum atomic E-state index is -3.54. The van der Waals surface area contributed by atoms with E-state index in [2.05, 4.69) is 20.1 Å². The maximum atomic E-state index is 12.8. The molecule has 9 heteroatoms. The molecule has 28 heavy (non-hydrogen) atoms. The summed E-state index contributed by atoms with van der Waals surface area (Å²) in [4.78, 5) is 4.38. The summed E-state index contributed by atoms with van der Waals surface area (Å²) < 4.78 is 27.6. The molecule has 0 amide bonds. The Kier molecular flexibility index (Phi) is 5.78. The fourth-order valence-corrected chi connectivity index (χ4v) is 3.98. The van der Waals surface area contributed by atoms with Crippen LogP contribution < -0.4 is 10.0 Å². The molecule has 0 saturated carbocycles. The lowest BCUT2D eigenvalue weighted by Gasteiger charge is -2.17. The van der Waals surface area contributed by atoms with E-state index in [1.807, 2.05) is 37.3 Å². The Labute approximate surface area is 165 Å². The highest BCUT2D eigenvalue weighted by atomic mass is 32.3. The molecule has 0 saturated heterocycles. The third-order valence-corrected chi connectivity index (χ3v) is 5.87. The van der Waals surface area contributed by atoms with Gasteiger partial charge >= 0.3 is 10.4 Å². The van der Waals surface area contributed by atoms with Crippen LogP contribution in [0.2, 0.25) is 0 Å². The van der Waals surface area contributed by atoms with E-state index >= 15 is 0 Å². The summed E-state index contributed by atoms with van der Waals surface area (Å²) in [5.74, 6) is 0.496. The fourth-order valence-electron chi connectivity index (χ4n) is 2.85. The molecule has 8 nitrogen and oxygen atoms in total. The van der Waals surface area contributed by atoms with Crippen molar-refractivity contribution in [3.8, 4) is 0 Å². The summed E-state index contributed by atoms with van der Waals surface area (Å²) >= 11 is 0. The zero-order valence-electron chi connectivity index (χ0n) is 16.0. The molecule has 3 aromatic rings. The summed E-state index contributed by atoms with van der Waals surface area (Å²) in [6.07, 6.45) is 1.35. The quantitative estimate of drug-likeness (QED) is 0.452. The van der Waals surface area contributed by atoms with Crippen LogP contribution in [0, 0.1) is 13.8 Å². The number of aliphatic hydroxyl groups excluding tert-OH is 1. The number of aryl methyl sites for hydroxylation is 2. The van der Waals surface area contributed by atoms with Crippen molar-refractivity contribution < 1.29 is 13.9 Å². The first kappa shape index (κ1) is 20.0. The van der Waals surface area contributed by atoms with Gasteiger partial charge in [0.1, 0.15) is 11.5 Å². The normalized spacial score (nSPS) is 14.3. The van der Waals surface area contributed by atoms with Crippen molar-refractivity contribution in [2.24, 2.45) is 7.05 Å². The predicted octanol–water partition coefficient (Wildman–Crippen LogP) is 2.94. The average Bonchev–Trinajstić information content (AvgIpc) is 2.93. The molecule has 0 spiro atoms. The summed E-state index contributed by atoms with van der Waals surface area (Å²) in [6, 6.07) is 12.3. The van der Waals surface area contributed by atoms with Crippen LogP contribution in [-0.4, -0.2) is 31.0 Å². The van der Waals surface area contributed by atoms with Crippen molar-refractivity contribution in [1.29, 1.82) is 0 Å². The molecule has 0 bridgehead atoms. The van der Waals surface area contributed by atoms with Crippen LogP contribution in [0.5, 0.6) is 0 Å². The van der Waals surface area contributed by atoms with Gasteiger partial charge in [0.25, 0.3) is 0 Å². The standard InChI is InChI=1S/C19H23N5O3S/c1-13-19(14(2)24(3)22-13)23-28(26,27)16-9-10-18(20-11-16)21-17(12-25)15-7-5-4-6-8-15/h4-11,17,25H,12H2,1-3H3,(H2-,20,21,23,26,27)/p+1. The van der Waals surface area contributed by atoms with Crippen molar-refractivity contribution in [2.45, 2.75) is 24.8 Å². The molecule has 2 atom stereocenters. The number of aliphatic hydroxyl groups is 1. The van der Waals surface area contributed by atoms with E-state index in [1.165, 1.54) is 12.3 Å². The molecular weight excluding hydrogens is 378 g/mol. The van der Waals surface area contributed by atoms with Gasteiger partial charge in [-0.2, -0.15) is 14.4 Å². The van der Waals surface area contributed by atoms with Gasteiger partial charge in [-0.15, -0.1) is 0 Å². The van der Waals surface area contributed by atoms with Crippen LogP contribution in [0.3, 0.4) is 0 Å². The highest BCUT2D eigenvalue weighted by molar-refractivity contribution is 7.99. The van der Waals surface area contributed by atoms with Crippen molar-refractivity contribution in [3.63, 3.8) is 0 Å². The monoisotopic (exact) mass is 402 g/mol. The number of nitrogens with zero attached hydrogens (tertiary/aromatic N) is 3. The van der Waals surface area contributed by atoms with E-state index in [0.29, 0.717) is 17.2 Å². The number of benzene rings is 1. The molecule has 1 aromatic carbocycles. The molecule has 0 aliphatic carbocycles. The largest absolute Gasteiger partial charge is 0.394 e. The van der Waals surface area contributed by atoms with E-state index in [1.54, 1.807) is 24.7 Å². The van der Waals surface area contributed by atoms with E-state index in [9.17, 15) is 13.9 Å². The Morgan fingerprint density at radius 2 is 1.89 bits per heavy atom. The Bertz CT molecular complexity index is 989. The molecule has 2 aromatic heterocycles. The molecule has 2 unspecified atom stereocenters. The topological polar surface area (TPSA) is 112 Å². The second kappa shape index (κ2) is 8.09. The second-order valence-corrected chi connectivity index (χ2v) is 8.19. The summed E-state index contributed by atoms with van der Waals surface area (Å²) in [5, 5.41) is 17.0. The van der Waals surface area contributed by atoms with Gasteiger partial charge in [0.2, 0.25) is 4.90 Å². The van der Waals surface area contributed by atoms with Gasteiger partial charge in [0, 0.05) is 13.1 Å². The highest BCUT2D eigenvalue weighted by Gasteiger charge is 2.32. The zero-order chi connectivity index (χ0) is 20.3. The van der Waals surface area contributed by atoms with Gasteiger partial charge in [-0.25, -0.2) is 4.98 Å². The number of pyridine rings is 1. The molecule has 0 aliphatic rings. The van der Waals surface area contributed by atoms with Gasteiger partial charge < -0.3 is 10.4 Å². The van der Waals surface area contributed by atoms with Crippen molar-refractivity contribution in [1.82, 2.24) is 14.8 Å².